The van der Waals surface area contributed by atoms with E-state index in [2.05, 4.69) is 15.5 Å². The maximum absolute atomic E-state index is 13.0. The van der Waals surface area contributed by atoms with Crippen LogP contribution in [0.3, 0.4) is 0 Å². The molecule has 1 aliphatic heterocycles. The lowest BCUT2D eigenvalue weighted by molar-refractivity contribution is -0.138. The van der Waals surface area contributed by atoms with Crippen molar-refractivity contribution in [3.8, 4) is 5.75 Å². The lowest BCUT2D eigenvalue weighted by Gasteiger charge is -2.13. The van der Waals surface area contributed by atoms with Crippen molar-refractivity contribution in [2.75, 3.05) is 12.4 Å². The topological polar surface area (TPSA) is 63.1 Å². The molecule has 0 spiro atoms. The Morgan fingerprint density at radius 1 is 1.45 bits per heavy atom. The zero-order valence-corrected chi connectivity index (χ0v) is 12.3. The van der Waals surface area contributed by atoms with Gasteiger partial charge in [0.25, 0.3) is 0 Å². The van der Waals surface area contributed by atoms with E-state index >= 15 is 0 Å². The van der Waals surface area contributed by atoms with Crippen molar-refractivity contribution in [2.24, 2.45) is 10.2 Å². The summed E-state index contributed by atoms with van der Waals surface area (Å²) in [4.78, 5) is 10.9. The van der Waals surface area contributed by atoms with Crippen LogP contribution in [0.5, 0.6) is 5.75 Å². The van der Waals surface area contributed by atoms with Crippen LogP contribution in [0.15, 0.2) is 28.4 Å². The number of hydrogen-bond donors (Lipinski definition) is 1. The van der Waals surface area contributed by atoms with E-state index in [0.717, 1.165) is 6.07 Å². The maximum atomic E-state index is 13.0. The third kappa shape index (κ3) is 4.23. The predicted molar refractivity (Wildman–Crippen MR) is 78.2 cm³/mol. The van der Waals surface area contributed by atoms with Gasteiger partial charge in [-0.2, -0.15) is 18.3 Å². The smallest absolute Gasteiger partial charge is 0.419 e. The molecule has 1 saturated heterocycles. The standard InChI is InChI=1S/C13H12F3N3O2S/c1-2-21-10-4-3-8(5-9(10)13(14,15)16)6-17-19-12-18-11(20)7-22-12/h3-6H,2,7H2,1H3,(H,18,19,20). The van der Waals surface area contributed by atoms with E-state index in [1.807, 2.05) is 0 Å². The minimum atomic E-state index is -4.52. The lowest BCUT2D eigenvalue weighted by atomic mass is 10.1. The molecule has 0 atom stereocenters. The lowest BCUT2D eigenvalue weighted by Crippen LogP contribution is -2.19. The number of nitrogens with one attached hydrogen (secondary N) is 1. The van der Waals surface area contributed by atoms with Crippen molar-refractivity contribution < 1.29 is 22.7 Å². The number of halogens is 3. The summed E-state index contributed by atoms with van der Waals surface area (Å²) in [6.07, 6.45) is -3.33. The van der Waals surface area contributed by atoms with Gasteiger partial charge >= 0.3 is 6.18 Å². The molecule has 0 aromatic heterocycles. The van der Waals surface area contributed by atoms with Crippen LogP contribution < -0.4 is 10.1 Å². The second kappa shape index (κ2) is 6.82. The van der Waals surface area contributed by atoms with E-state index in [4.69, 9.17) is 4.74 Å². The molecule has 0 bridgehead atoms. The van der Waals surface area contributed by atoms with E-state index in [-0.39, 0.29) is 29.6 Å². The molecule has 1 N–H and O–H groups in total. The van der Waals surface area contributed by atoms with Gasteiger partial charge in [0.15, 0.2) is 5.17 Å². The average Bonchev–Trinajstić information content (AvgIpc) is 2.85. The number of amidine groups is 1. The number of rotatable bonds is 4. The van der Waals surface area contributed by atoms with Crippen LogP contribution in [0.1, 0.15) is 18.1 Å². The van der Waals surface area contributed by atoms with Crippen molar-refractivity contribution in [3.05, 3.63) is 29.3 Å². The van der Waals surface area contributed by atoms with Crippen LogP contribution in [0, 0.1) is 0 Å². The number of carbonyl (C=O) groups excluding carboxylic acids is 1. The molecule has 1 heterocycles. The fourth-order valence-corrected chi connectivity index (χ4v) is 2.29. The molecule has 1 fully saturated rings. The van der Waals surface area contributed by atoms with Crippen molar-refractivity contribution in [1.82, 2.24) is 5.32 Å². The Morgan fingerprint density at radius 3 is 2.82 bits per heavy atom. The minimum Gasteiger partial charge on any atom is -0.493 e. The van der Waals surface area contributed by atoms with Crippen molar-refractivity contribution in [3.63, 3.8) is 0 Å². The van der Waals surface area contributed by atoms with Crippen LogP contribution in [0.4, 0.5) is 13.2 Å². The molecule has 9 heteroatoms. The molecule has 1 aliphatic rings. The summed E-state index contributed by atoms with van der Waals surface area (Å²) in [5.41, 5.74) is -0.635. The highest BCUT2D eigenvalue weighted by Crippen LogP contribution is 2.36. The van der Waals surface area contributed by atoms with Crippen LogP contribution in [0.2, 0.25) is 0 Å². The van der Waals surface area contributed by atoms with Crippen molar-refractivity contribution in [2.45, 2.75) is 13.1 Å². The third-order valence-electron chi connectivity index (χ3n) is 2.55. The van der Waals surface area contributed by atoms with Gasteiger partial charge in [-0.25, -0.2) is 0 Å². The number of ether oxygens (including phenoxy) is 1. The molecule has 0 saturated carbocycles. The second-order valence-corrected chi connectivity index (χ2v) is 5.14. The van der Waals surface area contributed by atoms with Gasteiger partial charge in [0.2, 0.25) is 5.91 Å². The Balaban J connectivity index is 2.20. The predicted octanol–water partition coefficient (Wildman–Crippen LogP) is 2.66. The van der Waals surface area contributed by atoms with Gasteiger partial charge in [0.1, 0.15) is 5.75 Å². The summed E-state index contributed by atoms with van der Waals surface area (Å²) < 4.78 is 43.9. The monoisotopic (exact) mass is 331 g/mol. The Labute approximate surface area is 128 Å². The maximum Gasteiger partial charge on any atom is 0.419 e. The summed E-state index contributed by atoms with van der Waals surface area (Å²) in [6, 6.07) is 3.63. The number of alkyl halides is 3. The number of benzene rings is 1. The molecule has 1 aromatic rings. The Hall–Kier alpha value is -2.03. The van der Waals surface area contributed by atoms with Gasteiger partial charge < -0.3 is 10.1 Å². The van der Waals surface area contributed by atoms with Gasteiger partial charge in [-0.15, -0.1) is 5.10 Å². The normalized spacial score (nSPS) is 17.3. The number of amides is 1. The van der Waals surface area contributed by atoms with E-state index in [9.17, 15) is 18.0 Å². The van der Waals surface area contributed by atoms with E-state index < -0.39 is 11.7 Å². The molecule has 22 heavy (non-hydrogen) atoms. The molecular formula is C13H12F3N3O2S. The average molecular weight is 331 g/mol. The van der Waals surface area contributed by atoms with Gasteiger partial charge in [-0.1, -0.05) is 11.8 Å². The SMILES string of the molecule is CCOc1ccc(C=NN=C2NC(=O)CS2)cc1C(F)(F)F. The first-order valence-corrected chi connectivity index (χ1v) is 7.26. The first-order chi connectivity index (χ1) is 10.4. The molecule has 1 amide bonds. The van der Waals surface area contributed by atoms with Crippen LogP contribution >= 0.6 is 11.8 Å². The Kier molecular flexibility index (Phi) is 5.07. The fraction of sp³-hybridized carbons (Fsp3) is 0.308. The van der Waals surface area contributed by atoms with Crippen molar-refractivity contribution >= 4 is 29.1 Å². The first-order valence-electron chi connectivity index (χ1n) is 6.28. The molecular weight excluding hydrogens is 319 g/mol. The summed E-state index contributed by atoms with van der Waals surface area (Å²) in [5.74, 6) is -0.147. The van der Waals surface area contributed by atoms with E-state index in [1.165, 1.54) is 30.1 Å². The largest absolute Gasteiger partial charge is 0.493 e. The second-order valence-electron chi connectivity index (χ2n) is 4.17. The van der Waals surface area contributed by atoms with Gasteiger partial charge in [-0.3, -0.25) is 4.79 Å². The first kappa shape index (κ1) is 16.3. The highest BCUT2D eigenvalue weighted by molar-refractivity contribution is 8.15. The molecule has 2 rings (SSSR count). The Morgan fingerprint density at radius 2 is 2.23 bits per heavy atom. The van der Waals surface area contributed by atoms with E-state index in [0.29, 0.717) is 5.17 Å². The minimum absolute atomic E-state index is 0.140. The number of carbonyl (C=O) groups is 1. The van der Waals surface area contributed by atoms with Crippen LogP contribution in [-0.4, -0.2) is 29.6 Å². The zero-order chi connectivity index (χ0) is 16.2. The van der Waals surface area contributed by atoms with Crippen molar-refractivity contribution in [1.29, 1.82) is 0 Å². The van der Waals surface area contributed by atoms with Gasteiger partial charge in [0.05, 0.1) is 24.1 Å². The third-order valence-corrected chi connectivity index (χ3v) is 3.41. The van der Waals surface area contributed by atoms with Gasteiger partial charge in [0, 0.05) is 0 Å². The summed E-state index contributed by atoms with van der Waals surface area (Å²) in [5, 5.41) is 10.2. The number of hydrogen-bond acceptors (Lipinski definition) is 5. The zero-order valence-electron chi connectivity index (χ0n) is 11.5. The number of thioether (sulfide) groups is 1. The van der Waals surface area contributed by atoms with Crippen LogP contribution in [-0.2, 0) is 11.0 Å². The molecule has 118 valence electrons. The Bertz CT molecular complexity index is 629. The van der Waals surface area contributed by atoms with Gasteiger partial charge in [-0.05, 0) is 30.7 Å². The highest BCUT2D eigenvalue weighted by atomic mass is 32.2. The molecule has 0 radical (unpaired) electrons. The molecule has 0 unspecified atom stereocenters. The summed E-state index contributed by atoms with van der Waals surface area (Å²) >= 11 is 1.18. The van der Waals surface area contributed by atoms with Crippen LogP contribution in [0.25, 0.3) is 0 Å². The fourth-order valence-electron chi connectivity index (χ4n) is 1.66. The summed E-state index contributed by atoms with van der Waals surface area (Å²) in [6.45, 7) is 1.75. The molecule has 5 nitrogen and oxygen atoms in total. The van der Waals surface area contributed by atoms with E-state index in [1.54, 1.807) is 6.92 Å². The molecule has 0 aliphatic carbocycles. The quantitative estimate of drug-likeness (QED) is 0.681. The summed E-state index contributed by atoms with van der Waals surface area (Å²) in [7, 11) is 0. The molecule has 1 aromatic carbocycles. The number of nitrogens with zero attached hydrogens (tertiary/aromatic N) is 2. The highest BCUT2D eigenvalue weighted by Gasteiger charge is 2.34.